The summed E-state index contributed by atoms with van der Waals surface area (Å²) in [4.78, 5) is 52.4. The molecule has 0 spiro atoms. The predicted octanol–water partition coefficient (Wildman–Crippen LogP) is -0.379. The van der Waals surface area contributed by atoms with Crippen LogP contribution in [0.5, 0.6) is 0 Å². The van der Waals surface area contributed by atoms with Gasteiger partial charge in [-0.3, -0.25) is 13.7 Å². The van der Waals surface area contributed by atoms with Crippen molar-refractivity contribution in [1.82, 2.24) is 0 Å². The summed E-state index contributed by atoms with van der Waals surface area (Å²) in [5.41, 5.74) is 0. The smallest absolute Gasteiger partial charge is 0.324 e. The molecule has 0 aliphatic carbocycles. The van der Waals surface area contributed by atoms with E-state index in [4.69, 9.17) is 29.4 Å². The Labute approximate surface area is 140 Å². The molecule has 0 heterocycles. The molecule has 0 saturated carbocycles. The molecule has 1 radical (unpaired) electrons. The topological polar surface area (TPSA) is 173 Å². The van der Waals surface area contributed by atoms with E-state index in [9.17, 15) is 13.7 Å². The van der Waals surface area contributed by atoms with Crippen LogP contribution in [0, 0.1) is 0 Å². The Bertz CT molecular complexity index is 349. The number of rotatable bonds is 9. The van der Waals surface area contributed by atoms with Gasteiger partial charge in [0.2, 0.25) is 0 Å². The maximum atomic E-state index is 10.7. The Morgan fingerprint density at radius 2 is 0.800 bits per heavy atom. The average molecular weight is 381 g/mol. The second-order valence-electron chi connectivity index (χ2n) is 4.01. The van der Waals surface area contributed by atoms with Crippen LogP contribution in [0.2, 0.25) is 0 Å². The van der Waals surface area contributed by atoms with Crippen LogP contribution in [0.4, 0.5) is 0 Å². The zero-order valence-electron chi connectivity index (χ0n) is 10.9. The summed E-state index contributed by atoms with van der Waals surface area (Å²) >= 11 is 0. The maximum absolute atomic E-state index is 10.7. The molecule has 0 aromatic rings. The van der Waals surface area contributed by atoms with Crippen LogP contribution >= 0.6 is 30.7 Å². The Morgan fingerprint density at radius 1 is 0.600 bits per heavy atom. The third kappa shape index (κ3) is 17.9. The molecule has 0 unspecified atom stereocenters. The number of hydrogen-bond acceptors (Lipinski definition) is 3. The van der Waals surface area contributed by atoms with Crippen LogP contribution < -0.4 is 0 Å². The van der Waals surface area contributed by atoms with Crippen molar-refractivity contribution in [2.45, 2.75) is 0 Å². The second-order valence-corrected chi connectivity index (χ2v) is 12.0. The van der Waals surface area contributed by atoms with Crippen molar-refractivity contribution in [2.24, 2.45) is 0 Å². The van der Waals surface area contributed by atoms with Gasteiger partial charge in [0.05, 0.1) is 18.5 Å². The van der Waals surface area contributed by atoms with E-state index >= 15 is 0 Å². The Morgan fingerprint density at radius 3 is 0.950 bits per heavy atom. The van der Waals surface area contributed by atoms with Gasteiger partial charge in [-0.05, 0) is 18.5 Å². The summed E-state index contributed by atoms with van der Waals surface area (Å²) in [7, 11) is -13.9. The van der Waals surface area contributed by atoms with Crippen LogP contribution in [0.1, 0.15) is 0 Å². The molecular weight excluding hydrogens is 363 g/mol. The molecule has 20 heavy (non-hydrogen) atoms. The van der Waals surface area contributed by atoms with Gasteiger partial charge in [-0.25, -0.2) is 0 Å². The molecule has 6 N–H and O–H groups in total. The fourth-order valence-corrected chi connectivity index (χ4v) is 8.34. The Kier molecular flexibility index (Phi) is 11.9. The molecule has 14 heteroatoms. The molecule has 0 aromatic carbocycles. The molecule has 0 aromatic heterocycles. The van der Waals surface area contributed by atoms with E-state index in [1.165, 1.54) is 0 Å². The van der Waals surface area contributed by atoms with Gasteiger partial charge in [-0.15, -0.1) is 7.92 Å². The Balaban J connectivity index is 0. The van der Waals surface area contributed by atoms with E-state index in [0.717, 1.165) is 0 Å². The van der Waals surface area contributed by atoms with E-state index in [0.29, 0.717) is 0 Å². The largest absolute Gasteiger partial charge is 0.325 e. The molecule has 0 fully saturated rings. The SMILES string of the molecule is O=P(O)(O)CCP(CCP(=O)(O)O)CCP(=O)(O)O.[Na]. The normalized spacial score (nSPS) is 13.3. The van der Waals surface area contributed by atoms with Crippen molar-refractivity contribution < 1.29 is 43.1 Å². The minimum atomic E-state index is -4.22. The summed E-state index contributed by atoms with van der Waals surface area (Å²) in [6, 6.07) is 0. The second kappa shape index (κ2) is 9.89. The molecule has 0 aliphatic heterocycles. The van der Waals surface area contributed by atoms with Crippen LogP contribution in [-0.4, -0.2) is 95.9 Å². The van der Waals surface area contributed by atoms with Crippen molar-refractivity contribution in [3.05, 3.63) is 0 Å². The van der Waals surface area contributed by atoms with Gasteiger partial charge in [-0.2, -0.15) is 0 Å². The first-order valence-electron chi connectivity index (χ1n) is 5.15. The van der Waals surface area contributed by atoms with Crippen LogP contribution in [0.3, 0.4) is 0 Å². The summed E-state index contributed by atoms with van der Waals surface area (Å²) in [5.74, 6) is 0. The van der Waals surface area contributed by atoms with E-state index in [1.54, 1.807) is 0 Å². The summed E-state index contributed by atoms with van der Waals surface area (Å²) in [5, 5.41) is 0. The minimum Gasteiger partial charge on any atom is -0.324 e. The van der Waals surface area contributed by atoms with Crippen molar-refractivity contribution in [3.8, 4) is 0 Å². The quantitative estimate of drug-likeness (QED) is 0.230. The van der Waals surface area contributed by atoms with Gasteiger partial charge in [0.1, 0.15) is 0 Å². The van der Waals surface area contributed by atoms with Crippen molar-refractivity contribution in [1.29, 1.82) is 0 Å². The predicted molar refractivity (Wildman–Crippen MR) is 78.0 cm³/mol. The molecule has 0 atom stereocenters. The monoisotopic (exact) mass is 381 g/mol. The maximum Gasteiger partial charge on any atom is 0.325 e. The molecule has 9 nitrogen and oxygen atoms in total. The molecule has 0 aliphatic rings. The molecular formula is C6H18NaO9P4. The summed E-state index contributed by atoms with van der Waals surface area (Å²) < 4.78 is 32.2. The van der Waals surface area contributed by atoms with E-state index in [1.807, 2.05) is 0 Å². The Hall–Kier alpha value is 1.88. The van der Waals surface area contributed by atoms with Crippen molar-refractivity contribution in [2.75, 3.05) is 37.0 Å². The third-order valence-electron chi connectivity index (χ3n) is 2.12. The van der Waals surface area contributed by atoms with Crippen molar-refractivity contribution in [3.63, 3.8) is 0 Å². The molecule has 0 saturated heterocycles. The van der Waals surface area contributed by atoms with Gasteiger partial charge in [0.25, 0.3) is 0 Å². The summed E-state index contributed by atoms with van der Waals surface area (Å²) in [6.07, 6.45) is -1.25. The number of hydrogen-bond donors (Lipinski definition) is 6. The first-order valence-corrected chi connectivity index (χ1v) is 12.4. The van der Waals surface area contributed by atoms with Gasteiger partial charge in [0, 0.05) is 29.6 Å². The van der Waals surface area contributed by atoms with E-state index in [-0.39, 0.29) is 48.0 Å². The van der Waals surface area contributed by atoms with Gasteiger partial charge in [0.15, 0.2) is 0 Å². The first kappa shape index (κ1) is 24.1. The van der Waals surface area contributed by atoms with E-state index in [2.05, 4.69) is 0 Å². The van der Waals surface area contributed by atoms with Gasteiger partial charge >= 0.3 is 22.8 Å². The fraction of sp³-hybridized carbons (Fsp3) is 1.00. The minimum absolute atomic E-state index is 0. The van der Waals surface area contributed by atoms with Crippen LogP contribution in [0.15, 0.2) is 0 Å². The molecule has 0 rings (SSSR count). The summed E-state index contributed by atoms with van der Waals surface area (Å²) in [6.45, 7) is 0. The zero-order valence-corrected chi connectivity index (χ0v) is 16.5. The molecule has 0 bridgehead atoms. The average Bonchev–Trinajstić information content (AvgIpc) is 2.11. The van der Waals surface area contributed by atoms with E-state index < -0.39 is 49.2 Å². The molecule has 0 amide bonds. The first-order chi connectivity index (χ1) is 8.29. The molecule has 117 valence electrons. The van der Waals surface area contributed by atoms with Crippen LogP contribution in [-0.2, 0) is 13.7 Å². The van der Waals surface area contributed by atoms with Gasteiger partial charge < -0.3 is 29.4 Å². The standard InChI is InChI=1S/C6H18O9P4.Na/c7-17(8,9)4-1-16(2-5-18(10,11)12)3-6-19(13,14)15;/h1-6H2,(H2,7,8,9)(H2,10,11,12)(H2,13,14,15);. The third-order valence-corrected chi connectivity index (χ3v) is 8.17. The van der Waals surface area contributed by atoms with Crippen LogP contribution in [0.25, 0.3) is 0 Å². The van der Waals surface area contributed by atoms with Gasteiger partial charge in [-0.1, -0.05) is 0 Å². The fourth-order valence-electron chi connectivity index (χ4n) is 1.15. The zero-order chi connectivity index (χ0) is 15.3. The van der Waals surface area contributed by atoms with Crippen molar-refractivity contribution >= 4 is 60.3 Å².